The molecule has 20 heavy (non-hydrogen) atoms. The van der Waals surface area contributed by atoms with Crippen LogP contribution in [-0.4, -0.2) is 55.3 Å². The highest BCUT2D eigenvalue weighted by atomic mass is 16.7. The fourth-order valence-electron chi connectivity index (χ4n) is 2.56. The zero-order valence-electron chi connectivity index (χ0n) is 12.4. The van der Waals surface area contributed by atoms with E-state index in [0.29, 0.717) is 19.4 Å². The zero-order valence-corrected chi connectivity index (χ0v) is 12.4. The number of nitrogens with zero attached hydrogens (tertiary/aromatic N) is 1. The fraction of sp³-hybridized carbons (Fsp3) is 0.846. The van der Waals surface area contributed by atoms with Crippen molar-refractivity contribution in [2.45, 2.75) is 45.1 Å². The number of rotatable bonds is 7. The molecule has 3 atom stereocenters. The molecule has 0 radical (unpaired) electrons. The van der Waals surface area contributed by atoms with Crippen LogP contribution in [-0.2, 0) is 19.1 Å². The Hall–Kier alpha value is -1.18. The molecule has 7 nitrogen and oxygen atoms in total. The molecule has 0 aromatic heterocycles. The summed E-state index contributed by atoms with van der Waals surface area (Å²) in [7, 11) is 1.51. The van der Waals surface area contributed by atoms with Gasteiger partial charge in [0.15, 0.2) is 6.29 Å². The predicted octanol–water partition coefficient (Wildman–Crippen LogP) is -0.565. The summed E-state index contributed by atoms with van der Waals surface area (Å²) in [4.78, 5) is 25.4. The maximum absolute atomic E-state index is 12.2. The summed E-state index contributed by atoms with van der Waals surface area (Å²) in [5.41, 5.74) is 10.9. The lowest BCUT2D eigenvalue weighted by atomic mass is 9.99. The first kappa shape index (κ1) is 16.9. The van der Waals surface area contributed by atoms with Gasteiger partial charge in [0, 0.05) is 7.11 Å². The molecule has 116 valence electrons. The van der Waals surface area contributed by atoms with Crippen LogP contribution in [0.5, 0.6) is 0 Å². The van der Waals surface area contributed by atoms with Gasteiger partial charge < -0.3 is 25.8 Å². The van der Waals surface area contributed by atoms with Gasteiger partial charge >= 0.3 is 0 Å². The Morgan fingerprint density at radius 3 is 2.55 bits per heavy atom. The minimum atomic E-state index is -0.685. The number of primary amides is 1. The van der Waals surface area contributed by atoms with Crippen molar-refractivity contribution in [1.29, 1.82) is 0 Å². The second-order valence-corrected chi connectivity index (χ2v) is 5.38. The van der Waals surface area contributed by atoms with Gasteiger partial charge in [0.1, 0.15) is 6.04 Å². The number of carbonyl (C=O) groups excluding carboxylic acids is 2. The van der Waals surface area contributed by atoms with Gasteiger partial charge in [-0.25, -0.2) is 0 Å². The van der Waals surface area contributed by atoms with Gasteiger partial charge in [0.2, 0.25) is 11.8 Å². The fourth-order valence-corrected chi connectivity index (χ4v) is 2.56. The molecular formula is C13H25N3O4. The molecule has 1 heterocycles. The Balaban J connectivity index is 3.02. The second-order valence-electron chi connectivity index (χ2n) is 5.38. The van der Waals surface area contributed by atoms with Crippen LogP contribution in [0.25, 0.3) is 0 Å². The average molecular weight is 287 g/mol. The molecule has 0 saturated carbocycles. The van der Waals surface area contributed by atoms with Crippen molar-refractivity contribution >= 4 is 11.8 Å². The molecule has 1 rings (SSSR count). The van der Waals surface area contributed by atoms with E-state index in [4.69, 9.17) is 20.9 Å². The third-order valence-corrected chi connectivity index (χ3v) is 3.42. The van der Waals surface area contributed by atoms with E-state index < -0.39 is 18.2 Å². The minimum absolute atomic E-state index is 0.172. The minimum Gasteiger partial charge on any atom is -0.368 e. The molecule has 1 aliphatic heterocycles. The van der Waals surface area contributed by atoms with Crippen molar-refractivity contribution in [2.75, 3.05) is 20.3 Å². The molecule has 1 fully saturated rings. The van der Waals surface area contributed by atoms with Crippen LogP contribution >= 0.6 is 0 Å². The monoisotopic (exact) mass is 287 g/mol. The van der Waals surface area contributed by atoms with Crippen LogP contribution in [0.15, 0.2) is 0 Å². The molecule has 2 amide bonds. The molecule has 0 aromatic carbocycles. The van der Waals surface area contributed by atoms with E-state index in [1.54, 1.807) is 0 Å². The standard InChI is InChI=1S/C13H25N3O4/c1-8(2)6-10(12(15)18)16(11(17)7-14)9-4-5-20-13(9)19-3/h8-10,13H,4-7,14H2,1-3H3,(H2,15,18)/t9-,10-,13?/m0/s1. The van der Waals surface area contributed by atoms with Crippen molar-refractivity contribution in [3.8, 4) is 0 Å². The lowest BCUT2D eigenvalue weighted by Gasteiger charge is -2.36. The van der Waals surface area contributed by atoms with Gasteiger partial charge in [0.25, 0.3) is 0 Å². The smallest absolute Gasteiger partial charge is 0.240 e. The average Bonchev–Trinajstić information content (AvgIpc) is 2.85. The van der Waals surface area contributed by atoms with Crippen LogP contribution < -0.4 is 11.5 Å². The molecule has 1 unspecified atom stereocenters. The van der Waals surface area contributed by atoms with Crippen LogP contribution in [0.3, 0.4) is 0 Å². The maximum atomic E-state index is 12.2. The molecule has 0 spiro atoms. The molecule has 0 aliphatic carbocycles. The van der Waals surface area contributed by atoms with E-state index in [1.165, 1.54) is 12.0 Å². The first-order chi connectivity index (χ1) is 9.42. The largest absolute Gasteiger partial charge is 0.368 e. The normalized spacial score (nSPS) is 23.9. The van der Waals surface area contributed by atoms with Gasteiger partial charge in [0.05, 0.1) is 19.2 Å². The van der Waals surface area contributed by atoms with E-state index in [-0.39, 0.29) is 24.4 Å². The summed E-state index contributed by atoms with van der Waals surface area (Å²) in [5.74, 6) is -0.613. The number of hydrogen-bond acceptors (Lipinski definition) is 5. The summed E-state index contributed by atoms with van der Waals surface area (Å²) in [6.45, 7) is 4.25. The Morgan fingerprint density at radius 1 is 1.45 bits per heavy atom. The van der Waals surface area contributed by atoms with Gasteiger partial charge in [-0.05, 0) is 18.8 Å². The highest BCUT2D eigenvalue weighted by Gasteiger charge is 2.41. The maximum Gasteiger partial charge on any atom is 0.240 e. The highest BCUT2D eigenvalue weighted by Crippen LogP contribution is 2.25. The third kappa shape index (κ3) is 3.91. The Kier molecular flexibility index (Phi) is 6.38. The Morgan fingerprint density at radius 2 is 2.10 bits per heavy atom. The zero-order chi connectivity index (χ0) is 15.3. The van der Waals surface area contributed by atoms with E-state index in [2.05, 4.69) is 0 Å². The number of carbonyl (C=O) groups is 2. The predicted molar refractivity (Wildman–Crippen MR) is 73.5 cm³/mol. The van der Waals surface area contributed by atoms with Crippen molar-refractivity contribution in [1.82, 2.24) is 4.90 Å². The van der Waals surface area contributed by atoms with Crippen LogP contribution in [0.2, 0.25) is 0 Å². The second kappa shape index (κ2) is 7.56. The van der Waals surface area contributed by atoms with Crippen molar-refractivity contribution in [2.24, 2.45) is 17.4 Å². The summed E-state index contributed by atoms with van der Waals surface area (Å²) < 4.78 is 10.6. The molecular weight excluding hydrogens is 262 g/mol. The van der Waals surface area contributed by atoms with Crippen molar-refractivity contribution < 1.29 is 19.1 Å². The Labute approximate surface area is 119 Å². The van der Waals surface area contributed by atoms with Gasteiger partial charge in [-0.3, -0.25) is 9.59 Å². The number of methoxy groups -OCH3 is 1. The van der Waals surface area contributed by atoms with E-state index in [1.807, 2.05) is 13.8 Å². The lowest BCUT2D eigenvalue weighted by molar-refractivity contribution is -0.156. The van der Waals surface area contributed by atoms with Crippen LogP contribution in [0.4, 0.5) is 0 Å². The molecule has 7 heteroatoms. The quantitative estimate of drug-likeness (QED) is 0.652. The lowest BCUT2D eigenvalue weighted by Crippen LogP contribution is -2.57. The molecule has 0 aromatic rings. The van der Waals surface area contributed by atoms with E-state index in [9.17, 15) is 9.59 Å². The number of hydrogen-bond donors (Lipinski definition) is 2. The summed E-state index contributed by atoms with van der Waals surface area (Å²) in [6, 6.07) is -1.01. The van der Waals surface area contributed by atoms with Crippen molar-refractivity contribution in [3.05, 3.63) is 0 Å². The summed E-state index contributed by atoms with van der Waals surface area (Å²) >= 11 is 0. The van der Waals surface area contributed by atoms with Crippen molar-refractivity contribution in [3.63, 3.8) is 0 Å². The highest BCUT2D eigenvalue weighted by molar-refractivity contribution is 5.87. The summed E-state index contributed by atoms with van der Waals surface area (Å²) in [6.07, 6.45) is 0.555. The number of ether oxygens (including phenoxy) is 2. The SMILES string of the molecule is COC1OCC[C@@H]1N(C(=O)CN)[C@@H](CC(C)C)C(N)=O. The topological polar surface area (TPSA) is 108 Å². The van der Waals surface area contributed by atoms with Gasteiger partial charge in [-0.1, -0.05) is 13.8 Å². The first-order valence-electron chi connectivity index (χ1n) is 6.87. The third-order valence-electron chi connectivity index (χ3n) is 3.42. The molecule has 4 N–H and O–H groups in total. The summed E-state index contributed by atoms with van der Waals surface area (Å²) in [5, 5.41) is 0. The van der Waals surface area contributed by atoms with Gasteiger partial charge in [-0.15, -0.1) is 0 Å². The molecule has 1 aliphatic rings. The Bertz CT molecular complexity index is 349. The number of amides is 2. The number of nitrogens with two attached hydrogens (primary N) is 2. The molecule has 1 saturated heterocycles. The molecule has 0 bridgehead atoms. The van der Waals surface area contributed by atoms with Crippen LogP contribution in [0.1, 0.15) is 26.7 Å². The first-order valence-corrected chi connectivity index (χ1v) is 6.87. The van der Waals surface area contributed by atoms with E-state index >= 15 is 0 Å². The van der Waals surface area contributed by atoms with Gasteiger partial charge in [-0.2, -0.15) is 0 Å². The van der Waals surface area contributed by atoms with E-state index in [0.717, 1.165) is 0 Å². The van der Waals surface area contributed by atoms with Crippen LogP contribution in [0, 0.1) is 5.92 Å².